The summed E-state index contributed by atoms with van der Waals surface area (Å²) in [5, 5.41) is 13.6. The zero-order valence-electron chi connectivity index (χ0n) is 10.1. The summed E-state index contributed by atoms with van der Waals surface area (Å²) in [6, 6.07) is 13.8. The molecule has 2 aromatic rings. The Morgan fingerprint density at radius 3 is 2.56 bits per heavy atom. The van der Waals surface area contributed by atoms with Gasteiger partial charge in [-0.15, -0.1) is 0 Å². The quantitative estimate of drug-likeness (QED) is 0.689. The summed E-state index contributed by atoms with van der Waals surface area (Å²) in [5.74, 6) is -0.858. The van der Waals surface area contributed by atoms with Crippen molar-refractivity contribution in [2.24, 2.45) is 0 Å². The first-order valence-corrected chi connectivity index (χ1v) is 4.70. The molecule has 0 amide bonds. The Morgan fingerprint density at radius 2 is 1.88 bits per heavy atom. The van der Waals surface area contributed by atoms with Gasteiger partial charge in [0.05, 0.1) is 0 Å². The molecule has 4 heteroatoms. The van der Waals surface area contributed by atoms with E-state index < -0.39 is 5.97 Å². The van der Waals surface area contributed by atoms with E-state index in [2.05, 4.69) is 5.32 Å². The second-order valence-corrected chi connectivity index (χ2v) is 3.31. The van der Waals surface area contributed by atoms with E-state index in [4.69, 9.17) is 5.11 Å². The van der Waals surface area contributed by atoms with Crippen LogP contribution < -0.4 is 34.9 Å². The molecule has 0 unspecified atom stereocenters. The normalized spacial score (nSPS) is 9.50. The molecule has 2 aromatic carbocycles. The molecule has 2 N–H and O–H groups in total. The Labute approximate surface area is 117 Å². The first kappa shape index (κ1) is 13.0. The van der Waals surface area contributed by atoms with Gasteiger partial charge in [0.25, 0.3) is 0 Å². The molecule has 0 fully saturated rings. The van der Waals surface area contributed by atoms with Crippen LogP contribution in [0.2, 0.25) is 0 Å². The van der Waals surface area contributed by atoms with E-state index in [1.807, 2.05) is 42.5 Å². The van der Waals surface area contributed by atoms with Gasteiger partial charge in [-0.3, -0.25) is 4.79 Å². The average Bonchev–Trinajstić information content (AvgIpc) is 2.26. The number of benzene rings is 2. The molecule has 16 heavy (non-hydrogen) atoms. The van der Waals surface area contributed by atoms with Crippen LogP contribution in [0.1, 0.15) is 1.43 Å². The molecule has 0 radical (unpaired) electrons. The number of rotatable bonds is 3. The van der Waals surface area contributed by atoms with Crippen LogP contribution in [0.4, 0.5) is 5.69 Å². The Kier molecular flexibility index (Phi) is 4.80. The van der Waals surface area contributed by atoms with Gasteiger partial charge >= 0.3 is 35.5 Å². The number of anilines is 1. The molecule has 78 valence electrons. The van der Waals surface area contributed by atoms with Gasteiger partial charge in [0.2, 0.25) is 0 Å². The molecular weight excluding hydrogens is 213 g/mol. The molecular formula is C12H12NNaO2. The average molecular weight is 225 g/mol. The monoisotopic (exact) mass is 225 g/mol. The van der Waals surface area contributed by atoms with Crippen molar-refractivity contribution in [3.8, 4) is 0 Å². The Balaban J connectivity index is 0.00000128. The number of hydrogen-bond acceptors (Lipinski definition) is 2. The smallest absolute Gasteiger partial charge is 1.00 e. The fourth-order valence-corrected chi connectivity index (χ4v) is 1.48. The summed E-state index contributed by atoms with van der Waals surface area (Å²) in [7, 11) is 0. The second-order valence-electron chi connectivity index (χ2n) is 3.31. The van der Waals surface area contributed by atoms with E-state index in [1.165, 1.54) is 0 Å². The van der Waals surface area contributed by atoms with Crippen molar-refractivity contribution < 1.29 is 40.9 Å². The number of aliphatic carboxylic acids is 1. The maximum atomic E-state index is 10.4. The van der Waals surface area contributed by atoms with Gasteiger partial charge in [-0.25, -0.2) is 0 Å². The van der Waals surface area contributed by atoms with Gasteiger partial charge in [0.15, 0.2) is 0 Å². The maximum absolute atomic E-state index is 10.4. The van der Waals surface area contributed by atoms with Gasteiger partial charge in [0.1, 0.15) is 6.54 Å². The van der Waals surface area contributed by atoms with E-state index in [0.717, 1.165) is 16.5 Å². The largest absolute Gasteiger partial charge is 1.00 e. The Morgan fingerprint density at radius 1 is 1.19 bits per heavy atom. The summed E-state index contributed by atoms with van der Waals surface area (Å²) in [5.41, 5.74) is 0.830. The first-order chi connectivity index (χ1) is 7.25. The zero-order chi connectivity index (χ0) is 10.7. The van der Waals surface area contributed by atoms with Gasteiger partial charge in [-0.05, 0) is 22.9 Å². The molecule has 3 nitrogen and oxygen atoms in total. The van der Waals surface area contributed by atoms with Crippen molar-refractivity contribution in [1.29, 1.82) is 0 Å². The minimum Gasteiger partial charge on any atom is -1.00 e. The maximum Gasteiger partial charge on any atom is 1.00 e. The van der Waals surface area contributed by atoms with Crippen molar-refractivity contribution in [2.75, 3.05) is 11.9 Å². The van der Waals surface area contributed by atoms with E-state index in [0.29, 0.717) is 0 Å². The predicted molar refractivity (Wildman–Crippen MR) is 61.2 cm³/mol. The minimum atomic E-state index is -0.858. The first-order valence-electron chi connectivity index (χ1n) is 4.70. The van der Waals surface area contributed by atoms with E-state index >= 15 is 0 Å². The molecule has 0 aromatic heterocycles. The van der Waals surface area contributed by atoms with Crippen molar-refractivity contribution >= 4 is 22.4 Å². The van der Waals surface area contributed by atoms with Crippen LogP contribution in [0.15, 0.2) is 42.5 Å². The molecule has 0 aliphatic heterocycles. The summed E-state index contributed by atoms with van der Waals surface area (Å²) >= 11 is 0. The molecule has 0 aliphatic carbocycles. The van der Waals surface area contributed by atoms with Crippen LogP contribution in [0.25, 0.3) is 10.8 Å². The third-order valence-electron chi connectivity index (χ3n) is 2.19. The second kappa shape index (κ2) is 5.89. The standard InChI is InChI=1S/C12H11NO2.Na.H/c14-12(15)8-13-11-6-5-9-3-1-2-4-10(9)7-11;;/h1-7,13H,8H2,(H,14,15);;/q;+1;-1. The third kappa shape index (κ3) is 3.23. The molecule has 0 heterocycles. The Bertz CT molecular complexity index is 505. The van der Waals surface area contributed by atoms with E-state index in [1.54, 1.807) is 0 Å². The van der Waals surface area contributed by atoms with Crippen molar-refractivity contribution in [1.82, 2.24) is 0 Å². The summed E-state index contributed by atoms with van der Waals surface area (Å²) in [6.07, 6.45) is 0. The summed E-state index contributed by atoms with van der Waals surface area (Å²) < 4.78 is 0. The predicted octanol–water partition coefficient (Wildman–Crippen LogP) is -0.547. The third-order valence-corrected chi connectivity index (χ3v) is 2.19. The zero-order valence-corrected chi connectivity index (χ0v) is 11.1. The number of hydrogen-bond donors (Lipinski definition) is 2. The Hall–Kier alpha value is -1.03. The molecule has 0 spiro atoms. The van der Waals surface area contributed by atoms with Gasteiger partial charge < -0.3 is 11.8 Å². The molecule has 0 atom stereocenters. The fourth-order valence-electron chi connectivity index (χ4n) is 1.48. The SMILES string of the molecule is O=C(O)CNc1ccc2ccccc2c1.[H-].[Na+]. The van der Waals surface area contributed by atoms with Crippen LogP contribution in [-0.2, 0) is 4.79 Å². The van der Waals surface area contributed by atoms with Crippen LogP contribution >= 0.6 is 0 Å². The molecule has 2 rings (SSSR count). The van der Waals surface area contributed by atoms with Crippen molar-refractivity contribution in [2.45, 2.75) is 0 Å². The van der Waals surface area contributed by atoms with Gasteiger partial charge in [0, 0.05) is 5.69 Å². The number of carboxylic acids is 1. The van der Waals surface area contributed by atoms with Crippen LogP contribution in [-0.4, -0.2) is 17.6 Å². The number of fused-ring (bicyclic) bond motifs is 1. The topological polar surface area (TPSA) is 49.3 Å². The van der Waals surface area contributed by atoms with Gasteiger partial charge in [-0.2, -0.15) is 0 Å². The van der Waals surface area contributed by atoms with Crippen molar-refractivity contribution in [3.05, 3.63) is 42.5 Å². The summed E-state index contributed by atoms with van der Waals surface area (Å²) in [4.78, 5) is 10.4. The number of nitrogens with one attached hydrogen (secondary N) is 1. The molecule has 0 bridgehead atoms. The van der Waals surface area contributed by atoms with Gasteiger partial charge in [-0.1, -0.05) is 30.3 Å². The van der Waals surface area contributed by atoms with E-state index in [9.17, 15) is 4.79 Å². The summed E-state index contributed by atoms with van der Waals surface area (Å²) in [6.45, 7) is -0.0572. The molecule has 0 saturated heterocycles. The minimum absolute atomic E-state index is 0. The van der Waals surface area contributed by atoms with Crippen LogP contribution in [0.5, 0.6) is 0 Å². The van der Waals surface area contributed by atoms with E-state index in [-0.39, 0.29) is 37.5 Å². The van der Waals surface area contributed by atoms with Crippen LogP contribution in [0.3, 0.4) is 0 Å². The fraction of sp³-hybridized carbons (Fsp3) is 0.0833. The van der Waals surface area contributed by atoms with Crippen molar-refractivity contribution in [3.63, 3.8) is 0 Å². The van der Waals surface area contributed by atoms with Crippen LogP contribution in [0, 0.1) is 0 Å². The number of carbonyl (C=O) groups is 1. The number of carboxylic acid groups (broad SMARTS) is 1. The molecule has 0 saturated carbocycles. The molecule has 0 aliphatic rings.